The number of hydrogen-bond acceptors (Lipinski definition) is 8. The summed E-state index contributed by atoms with van der Waals surface area (Å²) in [4.78, 5) is 15.4. The van der Waals surface area contributed by atoms with E-state index in [0.29, 0.717) is 17.5 Å². The molecule has 0 aliphatic carbocycles. The Morgan fingerprint density at radius 2 is 2.33 bits per heavy atom. The van der Waals surface area contributed by atoms with Crippen LogP contribution in [-0.2, 0) is 12.8 Å². The standard InChI is InChI=1S/C13H19N7O2S.ClH/c1-14-11(21)12-16-9(19-22-12)7-23-13-18-17-10(20(13)2)8-4-3-5-15-6-8;/h8,15H,3-7H2,1-2H3,(H,14,21);1H. The molecule has 2 aromatic heterocycles. The van der Waals surface area contributed by atoms with Gasteiger partial charge in [0.2, 0.25) is 0 Å². The maximum Gasteiger partial charge on any atom is 0.315 e. The molecule has 3 heterocycles. The van der Waals surface area contributed by atoms with E-state index in [1.165, 1.54) is 18.8 Å². The Kier molecular flexibility index (Phi) is 6.58. The normalized spacial score (nSPS) is 17.3. The van der Waals surface area contributed by atoms with Gasteiger partial charge >= 0.3 is 11.8 Å². The van der Waals surface area contributed by atoms with Crippen molar-refractivity contribution in [1.29, 1.82) is 0 Å². The highest BCUT2D eigenvalue weighted by Gasteiger charge is 2.22. The summed E-state index contributed by atoms with van der Waals surface area (Å²) < 4.78 is 6.91. The van der Waals surface area contributed by atoms with Crippen LogP contribution in [0.3, 0.4) is 0 Å². The first-order valence-corrected chi connectivity index (χ1v) is 8.45. The Bertz CT molecular complexity index is 684. The summed E-state index contributed by atoms with van der Waals surface area (Å²) in [7, 11) is 3.49. The van der Waals surface area contributed by atoms with Crippen molar-refractivity contribution in [2.45, 2.75) is 29.7 Å². The molecule has 11 heteroatoms. The van der Waals surface area contributed by atoms with Crippen LogP contribution in [0.25, 0.3) is 0 Å². The van der Waals surface area contributed by atoms with E-state index in [9.17, 15) is 4.79 Å². The van der Waals surface area contributed by atoms with E-state index in [2.05, 4.69) is 31.0 Å². The van der Waals surface area contributed by atoms with Gasteiger partial charge in [0.25, 0.3) is 0 Å². The third-order valence-corrected chi connectivity index (χ3v) is 4.77. The fourth-order valence-corrected chi connectivity index (χ4v) is 3.28. The summed E-state index contributed by atoms with van der Waals surface area (Å²) in [6.45, 7) is 2.01. The number of rotatable bonds is 5. The van der Waals surface area contributed by atoms with E-state index in [4.69, 9.17) is 4.52 Å². The highest BCUT2D eigenvalue weighted by Crippen LogP contribution is 2.26. The largest absolute Gasteiger partial charge is 0.351 e. The van der Waals surface area contributed by atoms with Gasteiger partial charge in [-0.25, -0.2) is 0 Å². The van der Waals surface area contributed by atoms with Gasteiger partial charge in [0.15, 0.2) is 11.0 Å². The van der Waals surface area contributed by atoms with Crippen LogP contribution in [0, 0.1) is 0 Å². The highest BCUT2D eigenvalue weighted by atomic mass is 35.5. The first-order chi connectivity index (χ1) is 11.2. The van der Waals surface area contributed by atoms with Crippen molar-refractivity contribution in [3.8, 4) is 0 Å². The average molecular weight is 374 g/mol. The Morgan fingerprint density at radius 3 is 3.04 bits per heavy atom. The number of hydrogen-bond donors (Lipinski definition) is 2. The van der Waals surface area contributed by atoms with Crippen LogP contribution in [-0.4, -0.2) is 50.9 Å². The summed E-state index contributed by atoms with van der Waals surface area (Å²) in [5, 5.41) is 19.0. The van der Waals surface area contributed by atoms with Gasteiger partial charge < -0.3 is 19.7 Å². The lowest BCUT2D eigenvalue weighted by Gasteiger charge is -2.21. The molecule has 2 N–H and O–H groups in total. The van der Waals surface area contributed by atoms with Crippen LogP contribution in [0.4, 0.5) is 0 Å². The van der Waals surface area contributed by atoms with Crippen molar-refractivity contribution in [3.63, 3.8) is 0 Å². The van der Waals surface area contributed by atoms with Crippen LogP contribution in [0.1, 0.15) is 41.1 Å². The molecule has 1 amide bonds. The number of nitrogens with one attached hydrogen (secondary N) is 2. The van der Waals surface area contributed by atoms with Gasteiger partial charge in [0.1, 0.15) is 5.82 Å². The van der Waals surface area contributed by atoms with Crippen LogP contribution in [0.15, 0.2) is 9.68 Å². The average Bonchev–Trinajstić information content (AvgIpc) is 3.20. The Morgan fingerprint density at radius 1 is 1.50 bits per heavy atom. The van der Waals surface area contributed by atoms with Crippen molar-refractivity contribution in [1.82, 2.24) is 35.5 Å². The highest BCUT2D eigenvalue weighted by molar-refractivity contribution is 7.98. The number of carbonyl (C=O) groups excluding carboxylic acids is 1. The smallest absolute Gasteiger partial charge is 0.315 e. The van der Waals surface area contributed by atoms with Crippen LogP contribution < -0.4 is 10.6 Å². The van der Waals surface area contributed by atoms with E-state index in [1.807, 2.05) is 11.6 Å². The zero-order chi connectivity index (χ0) is 16.2. The quantitative estimate of drug-likeness (QED) is 0.738. The fourth-order valence-electron chi connectivity index (χ4n) is 2.52. The first kappa shape index (κ1) is 18.7. The van der Waals surface area contributed by atoms with Crippen molar-refractivity contribution in [2.75, 3.05) is 20.1 Å². The minimum Gasteiger partial charge on any atom is -0.351 e. The molecule has 2 aromatic rings. The summed E-state index contributed by atoms with van der Waals surface area (Å²) in [5.74, 6) is 1.90. The topological polar surface area (TPSA) is 111 Å². The number of thioether (sulfide) groups is 1. The number of carbonyl (C=O) groups is 1. The van der Waals surface area contributed by atoms with E-state index in [0.717, 1.165) is 36.9 Å². The number of nitrogens with zero attached hydrogens (tertiary/aromatic N) is 5. The van der Waals surface area contributed by atoms with Crippen molar-refractivity contribution < 1.29 is 9.32 Å². The van der Waals surface area contributed by atoms with E-state index in [-0.39, 0.29) is 24.2 Å². The molecule has 0 saturated carbocycles. The van der Waals surface area contributed by atoms with Gasteiger partial charge in [-0.1, -0.05) is 16.9 Å². The van der Waals surface area contributed by atoms with Crippen molar-refractivity contribution >= 4 is 30.1 Å². The van der Waals surface area contributed by atoms with Gasteiger partial charge in [0.05, 0.1) is 5.75 Å². The van der Waals surface area contributed by atoms with E-state index < -0.39 is 0 Å². The summed E-state index contributed by atoms with van der Waals surface area (Å²) >= 11 is 1.47. The molecule has 0 radical (unpaired) electrons. The Labute approximate surface area is 149 Å². The second-order valence-electron chi connectivity index (χ2n) is 5.33. The van der Waals surface area contributed by atoms with Gasteiger partial charge in [-0.15, -0.1) is 22.6 Å². The molecule has 24 heavy (non-hydrogen) atoms. The second-order valence-corrected chi connectivity index (χ2v) is 6.27. The molecule has 132 valence electrons. The zero-order valence-electron chi connectivity index (χ0n) is 13.5. The molecule has 0 aromatic carbocycles. The molecule has 1 fully saturated rings. The second kappa shape index (κ2) is 8.45. The van der Waals surface area contributed by atoms with Crippen LogP contribution >= 0.6 is 24.2 Å². The summed E-state index contributed by atoms with van der Waals surface area (Å²) in [6, 6.07) is 0. The van der Waals surface area contributed by atoms with Gasteiger partial charge in [0, 0.05) is 26.6 Å². The third kappa shape index (κ3) is 4.05. The van der Waals surface area contributed by atoms with Gasteiger partial charge in [-0.3, -0.25) is 4.79 Å². The van der Waals surface area contributed by atoms with Crippen molar-refractivity contribution in [3.05, 3.63) is 17.5 Å². The van der Waals surface area contributed by atoms with Gasteiger partial charge in [-0.05, 0) is 19.4 Å². The van der Waals surface area contributed by atoms with E-state index in [1.54, 1.807) is 0 Å². The monoisotopic (exact) mass is 373 g/mol. The number of piperidine rings is 1. The number of amides is 1. The minimum absolute atomic E-state index is 0. The molecule has 1 atom stereocenters. The van der Waals surface area contributed by atoms with Gasteiger partial charge in [-0.2, -0.15) is 4.98 Å². The number of aromatic nitrogens is 5. The summed E-state index contributed by atoms with van der Waals surface area (Å²) in [5.41, 5.74) is 0. The SMILES string of the molecule is CNC(=O)c1nc(CSc2nnc(C3CCCNC3)n2C)no1.Cl. The van der Waals surface area contributed by atoms with Crippen LogP contribution in [0.5, 0.6) is 0 Å². The lowest BCUT2D eigenvalue weighted by Crippen LogP contribution is -2.29. The van der Waals surface area contributed by atoms with Crippen LogP contribution in [0.2, 0.25) is 0 Å². The fraction of sp³-hybridized carbons (Fsp3) is 0.615. The molecule has 1 aliphatic heterocycles. The molecule has 1 unspecified atom stereocenters. The minimum atomic E-state index is -0.389. The molecular weight excluding hydrogens is 354 g/mol. The Hall–Kier alpha value is -1.65. The first-order valence-electron chi connectivity index (χ1n) is 7.46. The molecule has 1 saturated heterocycles. The van der Waals surface area contributed by atoms with Crippen molar-refractivity contribution in [2.24, 2.45) is 7.05 Å². The number of halogens is 1. The zero-order valence-corrected chi connectivity index (χ0v) is 15.1. The lowest BCUT2D eigenvalue weighted by molar-refractivity contribution is 0.0919. The van der Waals surface area contributed by atoms with E-state index >= 15 is 0 Å². The molecule has 3 rings (SSSR count). The Balaban J connectivity index is 0.00000208. The molecule has 1 aliphatic rings. The third-order valence-electron chi connectivity index (χ3n) is 3.75. The maximum absolute atomic E-state index is 11.4. The predicted molar refractivity (Wildman–Crippen MR) is 90.3 cm³/mol. The molecule has 9 nitrogen and oxygen atoms in total. The molecular formula is C13H20ClN7O2S. The summed E-state index contributed by atoms with van der Waals surface area (Å²) in [6.07, 6.45) is 2.29. The molecule has 0 bridgehead atoms. The lowest BCUT2D eigenvalue weighted by atomic mass is 9.99. The maximum atomic E-state index is 11.4. The predicted octanol–water partition coefficient (Wildman–Crippen LogP) is 0.739. The molecule has 0 spiro atoms.